The van der Waals surface area contributed by atoms with Crippen LogP contribution in [-0.4, -0.2) is 43.6 Å². The maximum atomic E-state index is 5.90. The van der Waals surface area contributed by atoms with Crippen LogP contribution in [-0.2, 0) is 11.3 Å². The summed E-state index contributed by atoms with van der Waals surface area (Å²) in [5, 5.41) is 3.42. The summed E-state index contributed by atoms with van der Waals surface area (Å²) < 4.78 is 5.90. The van der Waals surface area contributed by atoms with Crippen LogP contribution < -0.4 is 5.32 Å². The Morgan fingerprint density at radius 2 is 2.08 bits per heavy atom. The number of ether oxygens (including phenoxy) is 1. The second-order valence-corrected chi connectivity index (χ2v) is 6.69. The van der Waals surface area contributed by atoms with Gasteiger partial charge in [0.05, 0.1) is 13.2 Å². The van der Waals surface area contributed by atoms with Gasteiger partial charge in [-0.3, -0.25) is 4.99 Å². The van der Waals surface area contributed by atoms with Gasteiger partial charge in [-0.2, -0.15) is 0 Å². The van der Waals surface area contributed by atoms with Crippen molar-refractivity contribution in [2.75, 3.05) is 32.8 Å². The standard InChI is InChI=1S/C19H31N3O.HI/c1-4-20-19(21-12-16(2)3)22-11-10-18(13-22)15-23-14-17-8-6-5-7-9-17;/h5-9,16,18H,4,10-15H2,1-3H3,(H,20,21);1H. The van der Waals surface area contributed by atoms with Gasteiger partial charge in [0.15, 0.2) is 5.96 Å². The fourth-order valence-electron chi connectivity index (χ4n) is 2.77. The lowest BCUT2D eigenvalue weighted by Crippen LogP contribution is -2.40. The van der Waals surface area contributed by atoms with Gasteiger partial charge in [0.1, 0.15) is 0 Å². The third-order valence-electron chi connectivity index (χ3n) is 3.99. The van der Waals surface area contributed by atoms with Gasteiger partial charge in [-0.1, -0.05) is 44.2 Å². The molecule has 1 aliphatic rings. The predicted molar refractivity (Wildman–Crippen MR) is 112 cm³/mol. The maximum Gasteiger partial charge on any atom is 0.193 e. The summed E-state index contributed by atoms with van der Waals surface area (Å²) in [5.41, 5.74) is 1.24. The van der Waals surface area contributed by atoms with Gasteiger partial charge in [-0.15, -0.1) is 24.0 Å². The van der Waals surface area contributed by atoms with E-state index < -0.39 is 0 Å². The minimum absolute atomic E-state index is 0. The second kappa shape index (κ2) is 11.7. The quantitative estimate of drug-likeness (QED) is 0.395. The summed E-state index contributed by atoms with van der Waals surface area (Å²) >= 11 is 0. The van der Waals surface area contributed by atoms with Crippen LogP contribution in [0.15, 0.2) is 35.3 Å². The number of likely N-dealkylation sites (tertiary alicyclic amines) is 1. The van der Waals surface area contributed by atoms with E-state index in [1.807, 2.05) is 6.07 Å². The summed E-state index contributed by atoms with van der Waals surface area (Å²) in [7, 11) is 0. The number of hydrogen-bond acceptors (Lipinski definition) is 2. The molecule has 2 rings (SSSR count). The fourth-order valence-corrected chi connectivity index (χ4v) is 2.77. The van der Waals surface area contributed by atoms with E-state index in [0.29, 0.717) is 18.4 Å². The number of rotatable bonds is 7. The molecule has 1 aromatic rings. The number of halogens is 1. The normalized spacial score (nSPS) is 17.9. The molecule has 0 aliphatic carbocycles. The Hall–Kier alpha value is -0.820. The van der Waals surface area contributed by atoms with Gasteiger partial charge in [0, 0.05) is 32.1 Å². The van der Waals surface area contributed by atoms with Crippen molar-refractivity contribution in [1.29, 1.82) is 0 Å². The number of guanidine groups is 1. The fraction of sp³-hybridized carbons (Fsp3) is 0.632. The number of nitrogens with one attached hydrogen (secondary N) is 1. The van der Waals surface area contributed by atoms with Crippen LogP contribution in [0.3, 0.4) is 0 Å². The first-order valence-corrected chi connectivity index (χ1v) is 8.84. The van der Waals surface area contributed by atoms with E-state index in [0.717, 1.165) is 38.7 Å². The van der Waals surface area contributed by atoms with Crippen LogP contribution in [0.1, 0.15) is 32.8 Å². The van der Waals surface area contributed by atoms with Crippen molar-refractivity contribution in [1.82, 2.24) is 10.2 Å². The molecule has 5 heteroatoms. The van der Waals surface area contributed by atoms with Crippen molar-refractivity contribution in [2.24, 2.45) is 16.8 Å². The van der Waals surface area contributed by atoms with Crippen LogP contribution >= 0.6 is 24.0 Å². The van der Waals surface area contributed by atoms with E-state index in [4.69, 9.17) is 9.73 Å². The highest BCUT2D eigenvalue weighted by atomic mass is 127. The topological polar surface area (TPSA) is 36.9 Å². The zero-order valence-electron chi connectivity index (χ0n) is 15.2. The van der Waals surface area contributed by atoms with Gasteiger partial charge in [-0.25, -0.2) is 0 Å². The molecule has 1 aromatic carbocycles. The van der Waals surface area contributed by atoms with Gasteiger partial charge in [0.25, 0.3) is 0 Å². The van der Waals surface area contributed by atoms with E-state index >= 15 is 0 Å². The number of aliphatic imine (C=N–C) groups is 1. The first-order valence-electron chi connectivity index (χ1n) is 8.84. The average Bonchev–Trinajstić information content (AvgIpc) is 3.01. The minimum Gasteiger partial charge on any atom is -0.376 e. The third-order valence-corrected chi connectivity index (χ3v) is 3.99. The summed E-state index contributed by atoms with van der Waals surface area (Å²) in [4.78, 5) is 7.13. The molecule has 1 fully saturated rings. The van der Waals surface area contributed by atoms with E-state index in [-0.39, 0.29) is 24.0 Å². The van der Waals surface area contributed by atoms with Gasteiger partial charge >= 0.3 is 0 Å². The molecule has 1 heterocycles. The molecule has 4 nitrogen and oxygen atoms in total. The second-order valence-electron chi connectivity index (χ2n) is 6.69. The summed E-state index contributed by atoms with van der Waals surface area (Å²) in [6, 6.07) is 10.4. The largest absolute Gasteiger partial charge is 0.376 e. The molecule has 0 spiro atoms. The van der Waals surface area contributed by atoms with Crippen LogP contribution in [0, 0.1) is 11.8 Å². The molecule has 1 saturated heterocycles. The SMILES string of the molecule is CCNC(=NCC(C)C)N1CCC(COCc2ccccc2)C1.I. The summed E-state index contributed by atoms with van der Waals surface area (Å²) in [5.74, 6) is 2.25. The Bertz CT molecular complexity index is 479. The Balaban J connectivity index is 0.00000288. The lowest BCUT2D eigenvalue weighted by molar-refractivity contribution is 0.0906. The van der Waals surface area contributed by atoms with Crippen LogP contribution in [0.4, 0.5) is 0 Å². The minimum atomic E-state index is 0. The van der Waals surface area contributed by atoms with Crippen molar-refractivity contribution in [3.63, 3.8) is 0 Å². The zero-order valence-corrected chi connectivity index (χ0v) is 17.5. The number of nitrogens with zero attached hydrogens (tertiary/aromatic N) is 2. The first kappa shape index (κ1) is 21.2. The smallest absolute Gasteiger partial charge is 0.193 e. The molecule has 1 aliphatic heterocycles. The molecular weight excluding hydrogens is 413 g/mol. The predicted octanol–water partition coefficient (Wildman–Crippen LogP) is 3.76. The Labute approximate surface area is 164 Å². The lowest BCUT2D eigenvalue weighted by Gasteiger charge is -2.22. The van der Waals surface area contributed by atoms with E-state index in [1.165, 1.54) is 12.0 Å². The van der Waals surface area contributed by atoms with Crippen LogP contribution in [0.25, 0.3) is 0 Å². The van der Waals surface area contributed by atoms with Crippen molar-refractivity contribution in [3.8, 4) is 0 Å². The lowest BCUT2D eigenvalue weighted by atomic mass is 10.1. The Morgan fingerprint density at radius 1 is 1.33 bits per heavy atom. The van der Waals surface area contributed by atoms with Crippen LogP contribution in [0.5, 0.6) is 0 Å². The highest BCUT2D eigenvalue weighted by Crippen LogP contribution is 2.17. The molecule has 0 amide bonds. The molecule has 0 aromatic heterocycles. The first-order chi connectivity index (χ1) is 11.2. The maximum absolute atomic E-state index is 5.90. The highest BCUT2D eigenvalue weighted by Gasteiger charge is 2.24. The Morgan fingerprint density at radius 3 is 2.75 bits per heavy atom. The third kappa shape index (κ3) is 7.38. The van der Waals surface area contributed by atoms with Crippen LogP contribution in [0.2, 0.25) is 0 Å². The molecule has 0 saturated carbocycles. The summed E-state index contributed by atoms with van der Waals surface area (Å²) in [6.07, 6.45) is 1.18. The Kier molecular flexibility index (Phi) is 10.3. The van der Waals surface area contributed by atoms with E-state index in [1.54, 1.807) is 0 Å². The summed E-state index contributed by atoms with van der Waals surface area (Å²) in [6.45, 7) is 12.0. The van der Waals surface area contributed by atoms with Gasteiger partial charge in [0.2, 0.25) is 0 Å². The molecule has 1 atom stereocenters. The van der Waals surface area contributed by atoms with Gasteiger partial charge < -0.3 is 15.0 Å². The van der Waals surface area contributed by atoms with E-state index in [9.17, 15) is 0 Å². The van der Waals surface area contributed by atoms with Gasteiger partial charge in [-0.05, 0) is 24.8 Å². The molecular formula is C19H32IN3O. The molecule has 136 valence electrons. The molecule has 0 radical (unpaired) electrons. The molecule has 1 unspecified atom stereocenters. The molecule has 24 heavy (non-hydrogen) atoms. The molecule has 0 bridgehead atoms. The number of benzene rings is 1. The van der Waals surface area contributed by atoms with Crippen molar-refractivity contribution >= 4 is 29.9 Å². The zero-order chi connectivity index (χ0) is 16.5. The molecule has 1 N–H and O–H groups in total. The average molecular weight is 445 g/mol. The van der Waals surface area contributed by atoms with Crippen molar-refractivity contribution < 1.29 is 4.74 Å². The van der Waals surface area contributed by atoms with Crippen molar-refractivity contribution in [3.05, 3.63) is 35.9 Å². The van der Waals surface area contributed by atoms with Crippen molar-refractivity contribution in [2.45, 2.75) is 33.8 Å². The monoisotopic (exact) mass is 445 g/mol. The number of hydrogen-bond donors (Lipinski definition) is 1. The highest BCUT2D eigenvalue weighted by molar-refractivity contribution is 14.0. The van der Waals surface area contributed by atoms with E-state index in [2.05, 4.69) is 55.3 Å².